The zero-order valence-corrected chi connectivity index (χ0v) is 15.9. The van der Waals surface area contributed by atoms with E-state index in [0.717, 1.165) is 47.0 Å². The van der Waals surface area contributed by atoms with Gasteiger partial charge in [0.25, 0.3) is 0 Å². The van der Waals surface area contributed by atoms with Gasteiger partial charge in [0.15, 0.2) is 11.6 Å². The third kappa shape index (κ3) is 3.25. The Morgan fingerprint density at radius 1 is 0.931 bits per heavy atom. The first-order valence-electron chi connectivity index (χ1n) is 9.44. The second-order valence-corrected chi connectivity index (χ2v) is 7.32. The van der Waals surface area contributed by atoms with Gasteiger partial charge in [-0.25, -0.2) is 13.8 Å². The molecule has 0 amide bonds. The van der Waals surface area contributed by atoms with E-state index in [-0.39, 0.29) is 0 Å². The first kappa shape index (κ1) is 17.8. The molecule has 29 heavy (non-hydrogen) atoms. The van der Waals surface area contributed by atoms with E-state index < -0.39 is 11.6 Å². The molecule has 0 fully saturated rings. The molecule has 0 N–H and O–H groups in total. The summed E-state index contributed by atoms with van der Waals surface area (Å²) in [6.07, 6.45) is 6.05. The van der Waals surface area contributed by atoms with Crippen LogP contribution in [0.3, 0.4) is 0 Å². The molecule has 0 aliphatic carbocycles. The molecule has 5 rings (SSSR count). The molecule has 2 aromatic heterocycles. The number of benzene rings is 1. The van der Waals surface area contributed by atoms with Crippen molar-refractivity contribution in [2.75, 3.05) is 26.7 Å². The molecule has 2 aliphatic heterocycles. The zero-order valence-electron chi connectivity index (χ0n) is 15.9. The molecule has 0 unspecified atom stereocenters. The first-order chi connectivity index (χ1) is 14.1. The van der Waals surface area contributed by atoms with Crippen molar-refractivity contribution in [1.82, 2.24) is 14.9 Å². The number of likely N-dealkylation sites (N-methyl/N-ethyl adjacent to an activating group) is 1. The van der Waals surface area contributed by atoms with Crippen molar-refractivity contribution < 1.29 is 8.78 Å². The van der Waals surface area contributed by atoms with Crippen LogP contribution in [0.2, 0.25) is 0 Å². The maximum atomic E-state index is 13.7. The molecule has 3 aromatic rings. The molecule has 0 saturated heterocycles. The number of fused-ring (bicyclic) bond motifs is 1. The van der Waals surface area contributed by atoms with Crippen molar-refractivity contribution in [2.24, 2.45) is 4.99 Å². The van der Waals surface area contributed by atoms with Gasteiger partial charge in [-0.15, -0.1) is 0 Å². The van der Waals surface area contributed by atoms with Gasteiger partial charge in [-0.1, -0.05) is 12.2 Å². The second kappa shape index (κ2) is 6.97. The monoisotopic (exact) mass is 388 g/mol. The number of allylic oxidation sites excluding steroid dienone is 1. The molecular weight excluding hydrogens is 370 g/mol. The second-order valence-electron chi connectivity index (χ2n) is 7.32. The van der Waals surface area contributed by atoms with Crippen LogP contribution in [0.4, 0.5) is 8.78 Å². The highest BCUT2D eigenvalue weighted by Crippen LogP contribution is 2.27. The van der Waals surface area contributed by atoms with Crippen LogP contribution < -0.4 is 0 Å². The van der Waals surface area contributed by atoms with Crippen LogP contribution in [-0.2, 0) is 0 Å². The lowest BCUT2D eigenvalue weighted by Crippen LogP contribution is -2.13. The normalized spacial score (nSPS) is 16.9. The van der Waals surface area contributed by atoms with Crippen molar-refractivity contribution in [3.63, 3.8) is 0 Å². The van der Waals surface area contributed by atoms with E-state index in [2.05, 4.69) is 34.1 Å². The highest BCUT2D eigenvalue weighted by atomic mass is 19.2. The van der Waals surface area contributed by atoms with Gasteiger partial charge in [0, 0.05) is 30.4 Å². The molecule has 4 nitrogen and oxygen atoms in total. The van der Waals surface area contributed by atoms with Gasteiger partial charge in [0.2, 0.25) is 0 Å². The Morgan fingerprint density at radius 2 is 1.83 bits per heavy atom. The topological polar surface area (TPSA) is 41.4 Å². The molecule has 6 heteroatoms. The minimum absolute atomic E-state index is 0.487. The number of aromatic nitrogens is 2. The van der Waals surface area contributed by atoms with Crippen LogP contribution >= 0.6 is 0 Å². The van der Waals surface area contributed by atoms with Crippen LogP contribution in [0, 0.1) is 11.6 Å². The van der Waals surface area contributed by atoms with Gasteiger partial charge in [0.05, 0.1) is 29.0 Å². The summed E-state index contributed by atoms with van der Waals surface area (Å²) in [4.78, 5) is 16.1. The fourth-order valence-electron chi connectivity index (χ4n) is 3.75. The predicted octanol–water partition coefficient (Wildman–Crippen LogP) is 4.12. The van der Waals surface area contributed by atoms with E-state index in [1.165, 1.54) is 11.6 Å². The van der Waals surface area contributed by atoms with Gasteiger partial charge >= 0.3 is 0 Å². The smallest absolute Gasteiger partial charge is 0.159 e. The molecule has 0 atom stereocenters. The number of aliphatic imine (C=N–C) groups is 1. The third-order valence-corrected chi connectivity index (χ3v) is 5.27. The average molecular weight is 388 g/mol. The van der Waals surface area contributed by atoms with E-state index in [9.17, 15) is 8.78 Å². The van der Waals surface area contributed by atoms with Crippen molar-refractivity contribution in [3.8, 4) is 0 Å². The van der Waals surface area contributed by atoms with E-state index in [0.29, 0.717) is 17.8 Å². The molecule has 1 aromatic carbocycles. The van der Waals surface area contributed by atoms with Gasteiger partial charge in [-0.05, 0) is 54.6 Å². The van der Waals surface area contributed by atoms with Gasteiger partial charge < -0.3 is 0 Å². The zero-order chi connectivity index (χ0) is 20.0. The maximum Gasteiger partial charge on any atom is 0.159 e. The van der Waals surface area contributed by atoms with Crippen LogP contribution in [0.25, 0.3) is 22.2 Å². The number of nitrogens with zero attached hydrogens (tertiary/aromatic N) is 4. The maximum absolute atomic E-state index is 13.7. The summed E-state index contributed by atoms with van der Waals surface area (Å²) in [5.41, 5.74) is 6.67. The number of rotatable bonds is 3. The SMILES string of the molecule is CN1CC=C(c2cnc3ccc(C4=CCN=C4c4ccc(F)c(F)c4)nc3c2)C1. The number of hydrogen-bond acceptors (Lipinski definition) is 4. The molecule has 0 saturated carbocycles. The van der Waals surface area contributed by atoms with Crippen molar-refractivity contribution >= 4 is 27.9 Å². The minimum Gasteiger partial charge on any atom is -0.298 e. The summed E-state index contributed by atoms with van der Waals surface area (Å²) in [6.45, 7) is 2.31. The Morgan fingerprint density at radius 3 is 2.62 bits per heavy atom. The molecule has 4 heterocycles. The van der Waals surface area contributed by atoms with Gasteiger partial charge in [-0.2, -0.15) is 0 Å². The lowest BCUT2D eigenvalue weighted by Gasteiger charge is -2.10. The Hall–Kier alpha value is -3.25. The summed E-state index contributed by atoms with van der Waals surface area (Å²) in [7, 11) is 2.08. The molecule has 0 bridgehead atoms. The number of hydrogen-bond donors (Lipinski definition) is 0. The van der Waals surface area contributed by atoms with Crippen LogP contribution in [0.15, 0.2) is 59.7 Å². The van der Waals surface area contributed by atoms with Crippen LogP contribution in [0.1, 0.15) is 16.8 Å². The van der Waals surface area contributed by atoms with Crippen molar-refractivity contribution in [3.05, 3.63) is 83.2 Å². The van der Waals surface area contributed by atoms with E-state index in [4.69, 9.17) is 4.98 Å². The van der Waals surface area contributed by atoms with E-state index in [1.54, 1.807) is 6.07 Å². The van der Waals surface area contributed by atoms with Crippen molar-refractivity contribution in [1.29, 1.82) is 0 Å². The van der Waals surface area contributed by atoms with Crippen molar-refractivity contribution in [2.45, 2.75) is 0 Å². The van der Waals surface area contributed by atoms with Crippen LogP contribution in [-0.4, -0.2) is 47.3 Å². The first-order valence-corrected chi connectivity index (χ1v) is 9.44. The number of halogens is 2. The summed E-state index contributed by atoms with van der Waals surface area (Å²) >= 11 is 0. The molecule has 2 aliphatic rings. The summed E-state index contributed by atoms with van der Waals surface area (Å²) in [5.74, 6) is -1.75. The molecule has 0 radical (unpaired) electrons. The highest BCUT2D eigenvalue weighted by molar-refractivity contribution is 6.32. The largest absolute Gasteiger partial charge is 0.298 e. The highest BCUT2D eigenvalue weighted by Gasteiger charge is 2.19. The molecule has 0 spiro atoms. The summed E-state index contributed by atoms with van der Waals surface area (Å²) < 4.78 is 27.0. The molecule has 144 valence electrons. The van der Waals surface area contributed by atoms with E-state index in [1.807, 2.05) is 24.4 Å². The van der Waals surface area contributed by atoms with Gasteiger partial charge in [0.1, 0.15) is 0 Å². The fraction of sp³-hybridized carbons (Fsp3) is 0.174. The van der Waals surface area contributed by atoms with Crippen LogP contribution in [0.5, 0.6) is 0 Å². The summed E-state index contributed by atoms with van der Waals surface area (Å²) in [6, 6.07) is 9.72. The summed E-state index contributed by atoms with van der Waals surface area (Å²) in [5, 5.41) is 0. The Balaban J connectivity index is 1.52. The Labute approximate surface area is 166 Å². The lowest BCUT2D eigenvalue weighted by molar-refractivity contribution is 0.438. The van der Waals surface area contributed by atoms with E-state index >= 15 is 0 Å². The standard InChI is InChI=1S/C23H18F2N4/c1-29-9-7-15(13-29)16-11-22-21(27-12-16)5-4-20(28-22)17-6-8-26-23(17)14-2-3-18(24)19(25)10-14/h2-7,10-12H,8-9,13H2,1H3. The fourth-order valence-corrected chi connectivity index (χ4v) is 3.75. The Bertz CT molecular complexity index is 1230. The lowest BCUT2D eigenvalue weighted by atomic mass is 10.00. The predicted molar refractivity (Wildman–Crippen MR) is 111 cm³/mol. The molecular formula is C23H18F2N4. The third-order valence-electron chi connectivity index (χ3n) is 5.27. The average Bonchev–Trinajstić information content (AvgIpc) is 3.38. The van der Waals surface area contributed by atoms with Gasteiger partial charge in [-0.3, -0.25) is 14.9 Å². The number of pyridine rings is 2. The Kier molecular flexibility index (Phi) is 4.28. The quantitative estimate of drug-likeness (QED) is 0.678. The minimum atomic E-state index is -0.883.